The first-order valence-corrected chi connectivity index (χ1v) is 13.2. The first kappa shape index (κ1) is 28.3. The second kappa shape index (κ2) is 12.9. The topological polar surface area (TPSA) is 141 Å². The van der Waals surface area contributed by atoms with Gasteiger partial charge < -0.3 is 26.5 Å². The lowest BCUT2D eigenvalue weighted by Gasteiger charge is -2.09. The molecule has 0 radical (unpaired) electrons. The molecule has 6 N–H and O–H groups in total. The lowest BCUT2D eigenvalue weighted by molar-refractivity contribution is 0.119. The van der Waals surface area contributed by atoms with Crippen molar-refractivity contribution in [1.29, 1.82) is 0 Å². The first-order chi connectivity index (χ1) is 18.7. The molecule has 9 nitrogen and oxygen atoms in total. The number of nitrogens with one attached hydrogen (secondary N) is 2. The van der Waals surface area contributed by atoms with E-state index in [0.717, 1.165) is 30.4 Å². The molecule has 2 amide bonds. The van der Waals surface area contributed by atoms with Crippen LogP contribution in [0.4, 0.5) is 9.18 Å². The van der Waals surface area contributed by atoms with Gasteiger partial charge in [0.1, 0.15) is 5.65 Å². The summed E-state index contributed by atoms with van der Waals surface area (Å²) in [7, 11) is 0. The van der Waals surface area contributed by atoms with Gasteiger partial charge in [0.05, 0.1) is 23.0 Å². The van der Waals surface area contributed by atoms with Crippen LogP contribution in [0.5, 0.6) is 0 Å². The molecular formula is C28H32ClFN6O3. The third kappa shape index (κ3) is 7.44. The number of hydrogen-bond donors (Lipinski definition) is 4. The number of nitrogens with two attached hydrogens (primary N) is 2. The Balaban J connectivity index is 1.50. The molecule has 4 aromatic rings. The van der Waals surface area contributed by atoms with E-state index in [1.807, 2.05) is 19.1 Å². The summed E-state index contributed by atoms with van der Waals surface area (Å²) in [4.78, 5) is 30.7. The van der Waals surface area contributed by atoms with E-state index in [2.05, 4.69) is 15.3 Å². The minimum absolute atomic E-state index is 0.0425. The number of urea groups is 1. The van der Waals surface area contributed by atoms with Crippen molar-refractivity contribution in [3.63, 3.8) is 0 Å². The maximum absolute atomic E-state index is 15.0. The number of aromatic nitrogens is 3. The van der Waals surface area contributed by atoms with Crippen LogP contribution in [-0.4, -0.2) is 39.8 Å². The van der Waals surface area contributed by atoms with Crippen molar-refractivity contribution in [2.45, 2.75) is 45.3 Å². The van der Waals surface area contributed by atoms with Crippen LogP contribution in [0, 0.1) is 5.82 Å². The standard InChI is InChI=1S/C28H32ClFN6O3/c1-17(31)4-2-5-19-12-22(25(30)23(29)13-19)24-14-20-15-36(28(38)35-26(20)34-24)21-8-6-18(7-9-21)16-39-11-3-10-33-27(32)37/h6-9,12-15,17H,2-5,10-11,16,31H2,1H3,(H3,32,33,37)(H,34,35,38). The van der Waals surface area contributed by atoms with Gasteiger partial charge in [0.25, 0.3) is 0 Å². The zero-order valence-electron chi connectivity index (χ0n) is 21.7. The SMILES string of the molecule is CC(N)CCCc1cc(Cl)c(F)c(-c2cc3cn(-c4ccc(COCCCNC(N)=O)cc4)c(=O)nc3[nH]2)c1. The Bertz CT molecular complexity index is 1500. The summed E-state index contributed by atoms with van der Waals surface area (Å²) in [5.41, 5.74) is 14.1. The lowest BCUT2D eigenvalue weighted by Crippen LogP contribution is -2.30. The van der Waals surface area contributed by atoms with Gasteiger partial charge in [0.15, 0.2) is 5.82 Å². The van der Waals surface area contributed by atoms with Crippen LogP contribution in [-0.2, 0) is 17.8 Å². The molecule has 0 spiro atoms. The number of rotatable bonds is 12. The third-order valence-corrected chi connectivity index (χ3v) is 6.53. The summed E-state index contributed by atoms with van der Waals surface area (Å²) in [5.74, 6) is -0.531. The highest BCUT2D eigenvalue weighted by Crippen LogP contribution is 2.31. The Morgan fingerprint density at radius 2 is 1.97 bits per heavy atom. The summed E-state index contributed by atoms with van der Waals surface area (Å²) >= 11 is 6.21. The Morgan fingerprint density at radius 3 is 2.69 bits per heavy atom. The number of fused-ring (bicyclic) bond motifs is 1. The Labute approximate surface area is 230 Å². The van der Waals surface area contributed by atoms with Crippen molar-refractivity contribution in [3.05, 3.63) is 81.1 Å². The van der Waals surface area contributed by atoms with E-state index in [-0.39, 0.29) is 11.1 Å². The molecule has 1 atom stereocenters. The Kier molecular flexibility index (Phi) is 9.34. The zero-order chi connectivity index (χ0) is 27.9. The number of carbonyl (C=O) groups is 1. The first-order valence-electron chi connectivity index (χ1n) is 12.8. The molecule has 1 unspecified atom stereocenters. The van der Waals surface area contributed by atoms with Gasteiger partial charge in [0.2, 0.25) is 0 Å². The quantitative estimate of drug-likeness (QED) is 0.192. The number of primary amides is 1. The number of benzene rings is 2. The van der Waals surface area contributed by atoms with Gasteiger partial charge in [-0.05, 0) is 74.1 Å². The van der Waals surface area contributed by atoms with Crippen molar-refractivity contribution in [3.8, 4) is 16.9 Å². The van der Waals surface area contributed by atoms with Crippen molar-refractivity contribution in [2.24, 2.45) is 11.5 Å². The highest BCUT2D eigenvalue weighted by molar-refractivity contribution is 6.31. The molecule has 39 heavy (non-hydrogen) atoms. The molecule has 0 saturated carbocycles. The van der Waals surface area contributed by atoms with Crippen LogP contribution >= 0.6 is 11.6 Å². The molecule has 2 aromatic heterocycles. The smallest absolute Gasteiger partial charge is 0.354 e. The summed E-state index contributed by atoms with van der Waals surface area (Å²) in [6, 6.07) is 12.1. The number of amides is 2. The monoisotopic (exact) mass is 554 g/mol. The normalized spacial score (nSPS) is 12.1. The maximum atomic E-state index is 15.0. The number of halogens is 2. The van der Waals surface area contributed by atoms with E-state index >= 15 is 0 Å². The van der Waals surface area contributed by atoms with E-state index in [9.17, 15) is 14.0 Å². The maximum Gasteiger partial charge on any atom is 0.354 e. The molecule has 0 saturated heterocycles. The average molecular weight is 555 g/mol. The van der Waals surface area contributed by atoms with Crippen molar-refractivity contribution in [2.75, 3.05) is 13.2 Å². The number of ether oxygens (including phenoxy) is 1. The number of H-pyrrole nitrogens is 1. The molecule has 0 fully saturated rings. The van der Waals surface area contributed by atoms with E-state index in [1.54, 1.807) is 36.5 Å². The molecule has 0 aliphatic carbocycles. The van der Waals surface area contributed by atoms with Crippen molar-refractivity contribution < 1.29 is 13.9 Å². The Morgan fingerprint density at radius 1 is 1.21 bits per heavy atom. The predicted octanol–water partition coefficient (Wildman–Crippen LogP) is 4.42. The van der Waals surface area contributed by atoms with E-state index < -0.39 is 17.5 Å². The predicted molar refractivity (Wildman–Crippen MR) is 151 cm³/mol. The van der Waals surface area contributed by atoms with Crippen LogP contribution in [0.2, 0.25) is 5.02 Å². The fraction of sp³-hybridized carbons (Fsp3) is 0.321. The number of aryl methyl sites for hydroxylation is 1. The molecule has 0 bridgehead atoms. The molecule has 2 aromatic carbocycles. The summed E-state index contributed by atoms with van der Waals surface area (Å²) in [6.07, 6.45) is 4.77. The second-order valence-corrected chi connectivity index (χ2v) is 9.96. The van der Waals surface area contributed by atoms with Gasteiger partial charge in [-0.2, -0.15) is 4.98 Å². The average Bonchev–Trinajstić information content (AvgIpc) is 3.30. The van der Waals surface area contributed by atoms with E-state index in [1.165, 1.54) is 4.57 Å². The largest absolute Gasteiger partial charge is 0.377 e. The summed E-state index contributed by atoms with van der Waals surface area (Å²) in [5, 5.41) is 3.20. The molecule has 0 aliphatic rings. The van der Waals surface area contributed by atoms with Crippen LogP contribution in [0.25, 0.3) is 28.0 Å². The molecule has 206 valence electrons. The molecule has 4 rings (SSSR count). The lowest BCUT2D eigenvalue weighted by atomic mass is 10.0. The molecule has 11 heteroatoms. The van der Waals surface area contributed by atoms with Crippen LogP contribution in [0.3, 0.4) is 0 Å². The summed E-state index contributed by atoms with van der Waals surface area (Å²) in [6.45, 7) is 3.27. The number of carbonyl (C=O) groups excluding carboxylic acids is 1. The van der Waals surface area contributed by atoms with Crippen LogP contribution < -0.4 is 22.5 Å². The highest BCUT2D eigenvalue weighted by atomic mass is 35.5. The third-order valence-electron chi connectivity index (χ3n) is 6.26. The summed E-state index contributed by atoms with van der Waals surface area (Å²) < 4.78 is 22.0. The number of nitrogens with zero attached hydrogens (tertiary/aromatic N) is 2. The van der Waals surface area contributed by atoms with Gasteiger partial charge in [-0.15, -0.1) is 0 Å². The fourth-order valence-corrected chi connectivity index (χ4v) is 4.51. The van der Waals surface area contributed by atoms with Crippen molar-refractivity contribution >= 4 is 28.7 Å². The van der Waals surface area contributed by atoms with Gasteiger partial charge in [-0.25, -0.2) is 14.0 Å². The van der Waals surface area contributed by atoms with Gasteiger partial charge >= 0.3 is 11.7 Å². The number of hydrogen-bond acceptors (Lipinski definition) is 5. The second-order valence-electron chi connectivity index (χ2n) is 9.55. The fourth-order valence-electron chi connectivity index (χ4n) is 4.27. The van der Waals surface area contributed by atoms with Gasteiger partial charge in [0, 0.05) is 36.3 Å². The van der Waals surface area contributed by atoms with Crippen molar-refractivity contribution in [1.82, 2.24) is 19.9 Å². The number of aromatic amines is 1. The van der Waals surface area contributed by atoms with Gasteiger partial charge in [-0.1, -0.05) is 23.7 Å². The van der Waals surface area contributed by atoms with Gasteiger partial charge in [-0.3, -0.25) is 4.57 Å². The van der Waals surface area contributed by atoms with E-state index in [4.69, 9.17) is 27.8 Å². The molecule has 0 aliphatic heterocycles. The minimum Gasteiger partial charge on any atom is -0.377 e. The highest BCUT2D eigenvalue weighted by Gasteiger charge is 2.15. The van der Waals surface area contributed by atoms with Crippen LogP contribution in [0.1, 0.15) is 37.3 Å². The minimum atomic E-state index is -0.557. The molecule has 2 heterocycles. The van der Waals surface area contributed by atoms with Crippen LogP contribution in [0.15, 0.2) is 53.5 Å². The molecular weight excluding hydrogens is 523 g/mol. The zero-order valence-corrected chi connectivity index (χ0v) is 22.4. The van der Waals surface area contributed by atoms with E-state index in [0.29, 0.717) is 54.2 Å². The Hall–Kier alpha value is -3.73.